The zero-order chi connectivity index (χ0) is 14.8. The van der Waals surface area contributed by atoms with E-state index in [9.17, 15) is 18.0 Å². The second-order valence-corrected chi connectivity index (χ2v) is 4.24. The van der Waals surface area contributed by atoms with Gasteiger partial charge in [-0.3, -0.25) is 4.79 Å². The molecule has 0 bridgehead atoms. The van der Waals surface area contributed by atoms with Crippen LogP contribution < -0.4 is 4.74 Å². The number of aryl methyl sites for hydroxylation is 1. The minimum atomic E-state index is -4.72. The Morgan fingerprint density at radius 2 is 1.90 bits per heavy atom. The molecule has 3 nitrogen and oxygen atoms in total. The van der Waals surface area contributed by atoms with Gasteiger partial charge in [-0.15, -0.1) is 13.2 Å². The summed E-state index contributed by atoms with van der Waals surface area (Å²) in [6, 6.07) is 6.81. The highest BCUT2D eigenvalue weighted by molar-refractivity contribution is 5.97. The first-order chi connectivity index (χ1) is 9.33. The van der Waals surface area contributed by atoms with Crippen LogP contribution in [0.5, 0.6) is 5.75 Å². The topological polar surface area (TPSA) is 39.4 Å². The first-order valence-corrected chi connectivity index (χ1v) is 5.76. The van der Waals surface area contributed by atoms with Gasteiger partial charge in [-0.25, -0.2) is 0 Å². The van der Waals surface area contributed by atoms with Crippen LogP contribution in [0.25, 0.3) is 0 Å². The molecule has 0 saturated carbocycles. The molecule has 0 radical (unpaired) electrons. The second kappa shape index (κ2) is 5.40. The van der Waals surface area contributed by atoms with Gasteiger partial charge in [0.05, 0.1) is 5.56 Å². The second-order valence-electron chi connectivity index (χ2n) is 4.24. The Hall–Kier alpha value is -2.24. The van der Waals surface area contributed by atoms with E-state index in [4.69, 9.17) is 4.42 Å². The summed E-state index contributed by atoms with van der Waals surface area (Å²) in [7, 11) is 0. The third-order valence-corrected chi connectivity index (χ3v) is 2.57. The van der Waals surface area contributed by atoms with Crippen molar-refractivity contribution in [2.45, 2.75) is 19.7 Å². The van der Waals surface area contributed by atoms with Crippen molar-refractivity contribution >= 4 is 5.78 Å². The van der Waals surface area contributed by atoms with Gasteiger partial charge < -0.3 is 9.15 Å². The number of benzene rings is 1. The standard InChI is InChI=1S/C14H11F3O3/c1-9-6-11(8-19-9)13(18)7-10-2-4-12(5-3-10)20-14(15,16)17/h2-6,8H,7H2,1H3. The van der Waals surface area contributed by atoms with Crippen LogP contribution in [0.15, 0.2) is 41.0 Å². The zero-order valence-electron chi connectivity index (χ0n) is 10.5. The normalized spacial score (nSPS) is 11.4. The molecule has 0 unspecified atom stereocenters. The number of carbonyl (C=O) groups excluding carboxylic acids is 1. The number of alkyl halides is 3. The number of ketones is 1. The van der Waals surface area contributed by atoms with E-state index in [1.54, 1.807) is 13.0 Å². The predicted molar refractivity (Wildman–Crippen MR) is 64.6 cm³/mol. The quantitative estimate of drug-likeness (QED) is 0.799. The number of ether oxygens (including phenoxy) is 1. The van der Waals surface area contributed by atoms with Crippen LogP contribution >= 0.6 is 0 Å². The molecular formula is C14H11F3O3. The van der Waals surface area contributed by atoms with E-state index in [-0.39, 0.29) is 18.0 Å². The Kier molecular flexibility index (Phi) is 3.83. The van der Waals surface area contributed by atoms with Crippen LogP contribution in [0.1, 0.15) is 21.7 Å². The summed E-state index contributed by atoms with van der Waals surface area (Å²) in [4.78, 5) is 11.9. The molecular weight excluding hydrogens is 273 g/mol. The summed E-state index contributed by atoms with van der Waals surface area (Å²) in [5.41, 5.74) is 1.04. The van der Waals surface area contributed by atoms with Crippen molar-refractivity contribution in [2.24, 2.45) is 0 Å². The largest absolute Gasteiger partial charge is 0.573 e. The van der Waals surface area contributed by atoms with E-state index in [0.29, 0.717) is 16.9 Å². The van der Waals surface area contributed by atoms with Crippen LogP contribution in [-0.4, -0.2) is 12.1 Å². The average molecular weight is 284 g/mol. The van der Waals surface area contributed by atoms with Crippen LogP contribution in [0.3, 0.4) is 0 Å². The van der Waals surface area contributed by atoms with E-state index in [0.717, 1.165) is 0 Å². The van der Waals surface area contributed by atoms with Crippen molar-refractivity contribution in [2.75, 3.05) is 0 Å². The van der Waals surface area contributed by atoms with E-state index >= 15 is 0 Å². The van der Waals surface area contributed by atoms with E-state index in [1.807, 2.05) is 0 Å². The summed E-state index contributed by atoms with van der Waals surface area (Å²) in [5.74, 6) is 0.154. The number of rotatable bonds is 4. The van der Waals surface area contributed by atoms with E-state index < -0.39 is 6.36 Å². The SMILES string of the molecule is Cc1cc(C(=O)Cc2ccc(OC(F)(F)F)cc2)co1. The van der Waals surface area contributed by atoms with Gasteiger partial charge in [0.2, 0.25) is 0 Å². The highest BCUT2D eigenvalue weighted by Gasteiger charge is 2.30. The fraction of sp³-hybridized carbons (Fsp3) is 0.214. The third-order valence-electron chi connectivity index (χ3n) is 2.57. The number of Topliss-reactive ketones (excluding diaryl/α,β-unsaturated/α-hetero) is 1. The van der Waals surface area contributed by atoms with Crippen molar-refractivity contribution in [1.82, 2.24) is 0 Å². The van der Waals surface area contributed by atoms with Crippen molar-refractivity contribution in [3.8, 4) is 5.75 Å². The van der Waals surface area contributed by atoms with Gasteiger partial charge >= 0.3 is 6.36 Å². The van der Waals surface area contributed by atoms with Crippen molar-refractivity contribution in [3.05, 3.63) is 53.5 Å². The molecule has 1 aromatic heterocycles. The van der Waals surface area contributed by atoms with Gasteiger partial charge in [0.15, 0.2) is 5.78 Å². The Morgan fingerprint density at radius 1 is 1.25 bits per heavy atom. The molecule has 0 amide bonds. The Labute approximate surface area is 113 Å². The van der Waals surface area contributed by atoms with Gasteiger partial charge in [-0.1, -0.05) is 12.1 Å². The van der Waals surface area contributed by atoms with Gasteiger partial charge in [0.25, 0.3) is 0 Å². The van der Waals surface area contributed by atoms with Crippen LogP contribution in [0.4, 0.5) is 13.2 Å². The highest BCUT2D eigenvalue weighted by atomic mass is 19.4. The maximum atomic E-state index is 12.0. The monoisotopic (exact) mass is 284 g/mol. The Bertz CT molecular complexity index is 597. The number of hydrogen-bond donors (Lipinski definition) is 0. The van der Waals surface area contributed by atoms with E-state index in [2.05, 4.69) is 4.74 Å². The summed E-state index contributed by atoms with van der Waals surface area (Å²) in [5, 5.41) is 0. The molecule has 0 aliphatic heterocycles. The fourth-order valence-electron chi connectivity index (χ4n) is 1.69. The summed E-state index contributed by atoms with van der Waals surface area (Å²) in [6.45, 7) is 1.72. The molecule has 2 rings (SSSR count). The van der Waals surface area contributed by atoms with Crippen molar-refractivity contribution < 1.29 is 27.1 Å². The van der Waals surface area contributed by atoms with Gasteiger partial charge in [-0.2, -0.15) is 0 Å². The minimum Gasteiger partial charge on any atom is -0.469 e. The molecule has 106 valence electrons. The first kappa shape index (κ1) is 14.2. The molecule has 0 aliphatic rings. The lowest BCUT2D eigenvalue weighted by Crippen LogP contribution is -2.17. The Balaban J connectivity index is 2.02. The number of hydrogen-bond acceptors (Lipinski definition) is 3. The lowest BCUT2D eigenvalue weighted by molar-refractivity contribution is -0.274. The molecule has 0 atom stereocenters. The molecule has 1 heterocycles. The number of carbonyl (C=O) groups is 1. The maximum absolute atomic E-state index is 12.0. The predicted octanol–water partition coefficient (Wildman–Crippen LogP) is 3.91. The smallest absolute Gasteiger partial charge is 0.469 e. The highest BCUT2D eigenvalue weighted by Crippen LogP contribution is 2.23. The summed E-state index contributed by atoms with van der Waals surface area (Å²) < 4.78 is 44.7. The lowest BCUT2D eigenvalue weighted by Gasteiger charge is -2.08. The molecule has 0 spiro atoms. The van der Waals surface area contributed by atoms with Crippen LogP contribution in [0, 0.1) is 6.92 Å². The van der Waals surface area contributed by atoms with Gasteiger partial charge in [-0.05, 0) is 30.7 Å². The molecule has 1 aromatic carbocycles. The average Bonchev–Trinajstić information content (AvgIpc) is 2.77. The number of halogens is 3. The molecule has 2 aromatic rings. The lowest BCUT2D eigenvalue weighted by atomic mass is 10.1. The van der Waals surface area contributed by atoms with Crippen LogP contribution in [0.2, 0.25) is 0 Å². The molecule has 0 N–H and O–H groups in total. The van der Waals surface area contributed by atoms with E-state index in [1.165, 1.54) is 30.5 Å². The van der Waals surface area contributed by atoms with Crippen molar-refractivity contribution in [3.63, 3.8) is 0 Å². The molecule has 0 aliphatic carbocycles. The minimum absolute atomic E-state index is 0.0886. The molecule has 6 heteroatoms. The maximum Gasteiger partial charge on any atom is 0.573 e. The molecule has 0 saturated heterocycles. The number of furan rings is 1. The summed E-state index contributed by atoms with van der Waals surface area (Å²) in [6.07, 6.45) is -3.27. The molecule has 20 heavy (non-hydrogen) atoms. The van der Waals surface area contributed by atoms with Gasteiger partial charge in [0.1, 0.15) is 17.8 Å². The van der Waals surface area contributed by atoms with Crippen molar-refractivity contribution in [1.29, 1.82) is 0 Å². The first-order valence-electron chi connectivity index (χ1n) is 5.76. The fourth-order valence-corrected chi connectivity index (χ4v) is 1.69. The Morgan fingerprint density at radius 3 is 2.40 bits per heavy atom. The molecule has 0 fully saturated rings. The third kappa shape index (κ3) is 3.88. The summed E-state index contributed by atoms with van der Waals surface area (Å²) >= 11 is 0. The van der Waals surface area contributed by atoms with Crippen LogP contribution in [-0.2, 0) is 6.42 Å². The zero-order valence-corrected chi connectivity index (χ0v) is 10.5. The van der Waals surface area contributed by atoms with Gasteiger partial charge in [0, 0.05) is 6.42 Å².